The van der Waals surface area contributed by atoms with Gasteiger partial charge >= 0.3 is 12.4 Å². The SMILES string of the molecule is C[C@@H]1CCCN1CC1N=C(Nc2ccc(C(F)(F)F)cc2)C2=CC=C(C3NC=CC=C3C(F)(F)F)NC2N1.O=CO. The van der Waals surface area contributed by atoms with Crippen molar-refractivity contribution in [1.29, 1.82) is 0 Å². The van der Waals surface area contributed by atoms with Crippen molar-refractivity contribution >= 4 is 18.0 Å². The lowest BCUT2D eigenvalue weighted by atomic mass is 9.96. The Balaban J connectivity index is 0.00000124. The third kappa shape index (κ3) is 7.30. The molecule has 3 unspecified atom stereocenters. The maximum atomic E-state index is 13.7. The van der Waals surface area contributed by atoms with Crippen LogP contribution in [0.4, 0.5) is 32.0 Å². The lowest BCUT2D eigenvalue weighted by Gasteiger charge is -2.39. The van der Waals surface area contributed by atoms with Gasteiger partial charge in [0.25, 0.3) is 6.47 Å². The number of fused-ring (bicyclic) bond motifs is 1. The van der Waals surface area contributed by atoms with Gasteiger partial charge in [0, 0.05) is 29.5 Å². The summed E-state index contributed by atoms with van der Waals surface area (Å²) in [6.07, 6.45) is -0.695. The molecule has 0 amide bonds. The first-order valence-electron chi connectivity index (χ1n) is 12.9. The van der Waals surface area contributed by atoms with Crippen LogP contribution in [-0.2, 0) is 11.0 Å². The number of anilines is 1. The maximum Gasteiger partial charge on any atom is 0.416 e. The summed E-state index contributed by atoms with van der Waals surface area (Å²) in [6, 6.07) is 3.91. The Hall–Kier alpha value is -3.78. The number of carboxylic acid groups (broad SMARTS) is 1. The van der Waals surface area contributed by atoms with Crippen LogP contribution in [0.15, 0.2) is 76.6 Å². The van der Waals surface area contributed by atoms with Gasteiger partial charge in [0.2, 0.25) is 0 Å². The fourth-order valence-electron chi connectivity index (χ4n) is 5.12. The number of nitrogens with zero attached hydrogens (tertiary/aromatic N) is 2. The summed E-state index contributed by atoms with van der Waals surface area (Å²) in [7, 11) is 0. The number of allylic oxidation sites excluding steroid dienone is 4. The van der Waals surface area contributed by atoms with Gasteiger partial charge in [-0.05, 0) is 68.9 Å². The van der Waals surface area contributed by atoms with E-state index in [-0.39, 0.29) is 6.47 Å². The molecule has 0 aromatic heterocycles. The molecule has 1 aromatic carbocycles. The van der Waals surface area contributed by atoms with E-state index in [1.165, 1.54) is 24.4 Å². The molecule has 1 fully saturated rings. The van der Waals surface area contributed by atoms with E-state index in [9.17, 15) is 26.3 Å². The molecule has 4 aliphatic heterocycles. The lowest BCUT2D eigenvalue weighted by molar-refractivity contribution is -0.137. The average molecular weight is 585 g/mol. The molecule has 222 valence electrons. The maximum absolute atomic E-state index is 13.7. The number of dihydropyridines is 2. The minimum atomic E-state index is -4.51. The lowest BCUT2D eigenvalue weighted by Crippen LogP contribution is -2.59. The second-order valence-electron chi connectivity index (χ2n) is 9.85. The number of hydrogen-bond donors (Lipinski definition) is 5. The van der Waals surface area contributed by atoms with E-state index in [4.69, 9.17) is 14.9 Å². The summed E-state index contributed by atoms with van der Waals surface area (Å²) >= 11 is 0. The van der Waals surface area contributed by atoms with E-state index in [1.54, 1.807) is 12.2 Å². The third-order valence-corrected chi connectivity index (χ3v) is 7.14. The van der Waals surface area contributed by atoms with Gasteiger partial charge in [0.15, 0.2) is 0 Å². The number of hydrogen-bond acceptors (Lipinski definition) is 7. The Morgan fingerprint density at radius 1 is 1.10 bits per heavy atom. The Bertz CT molecular complexity index is 1250. The van der Waals surface area contributed by atoms with E-state index in [0.29, 0.717) is 35.4 Å². The van der Waals surface area contributed by atoms with E-state index in [1.807, 2.05) is 0 Å². The highest BCUT2D eigenvalue weighted by atomic mass is 19.4. The molecule has 0 spiro atoms. The van der Waals surface area contributed by atoms with Gasteiger partial charge < -0.3 is 21.1 Å². The molecule has 8 nitrogen and oxygen atoms in total. The van der Waals surface area contributed by atoms with Crippen molar-refractivity contribution in [3.8, 4) is 0 Å². The van der Waals surface area contributed by atoms with Crippen molar-refractivity contribution in [2.75, 3.05) is 18.4 Å². The number of nitrogens with one attached hydrogen (secondary N) is 4. The number of likely N-dealkylation sites (tertiary alicyclic amines) is 1. The quantitative estimate of drug-likeness (QED) is 0.265. The Morgan fingerprint density at radius 2 is 1.80 bits per heavy atom. The Labute approximate surface area is 232 Å². The van der Waals surface area contributed by atoms with Crippen molar-refractivity contribution in [3.63, 3.8) is 0 Å². The average Bonchev–Trinajstić information content (AvgIpc) is 3.32. The van der Waals surface area contributed by atoms with E-state index >= 15 is 0 Å². The summed E-state index contributed by atoms with van der Waals surface area (Å²) in [5, 5.41) is 19.4. The van der Waals surface area contributed by atoms with Crippen LogP contribution in [0.25, 0.3) is 0 Å². The number of halogens is 6. The van der Waals surface area contributed by atoms with Crippen molar-refractivity contribution < 1.29 is 36.2 Å². The van der Waals surface area contributed by atoms with Gasteiger partial charge in [-0.3, -0.25) is 15.0 Å². The summed E-state index contributed by atoms with van der Waals surface area (Å²) in [5.74, 6) is 0.441. The van der Waals surface area contributed by atoms with Crippen molar-refractivity contribution in [2.45, 2.75) is 56.5 Å². The number of carbonyl (C=O) groups is 1. The zero-order chi connectivity index (χ0) is 29.8. The van der Waals surface area contributed by atoms with E-state index in [2.05, 4.69) is 33.1 Å². The highest BCUT2D eigenvalue weighted by molar-refractivity contribution is 6.09. The summed E-state index contributed by atoms with van der Waals surface area (Å²) in [4.78, 5) is 15.5. The number of amidine groups is 1. The second kappa shape index (κ2) is 12.4. The highest BCUT2D eigenvalue weighted by Gasteiger charge is 2.42. The molecule has 0 bridgehead atoms. The van der Waals surface area contributed by atoms with Gasteiger partial charge in [-0.25, -0.2) is 4.99 Å². The second-order valence-corrected chi connectivity index (χ2v) is 9.85. The van der Waals surface area contributed by atoms with Crippen molar-refractivity contribution in [1.82, 2.24) is 20.9 Å². The normalized spacial score (nSPS) is 26.1. The molecule has 4 aliphatic rings. The van der Waals surface area contributed by atoms with Gasteiger partial charge in [-0.2, -0.15) is 26.3 Å². The summed E-state index contributed by atoms with van der Waals surface area (Å²) in [6.45, 7) is 3.39. The number of aliphatic imine (C=N–C) groups is 1. The molecule has 0 saturated carbocycles. The van der Waals surface area contributed by atoms with Crippen LogP contribution >= 0.6 is 0 Å². The molecule has 4 heterocycles. The highest BCUT2D eigenvalue weighted by Crippen LogP contribution is 2.34. The van der Waals surface area contributed by atoms with Crippen LogP contribution in [0.2, 0.25) is 0 Å². The first-order valence-corrected chi connectivity index (χ1v) is 12.9. The van der Waals surface area contributed by atoms with Crippen LogP contribution in [0.5, 0.6) is 0 Å². The standard InChI is InChI=1S/C26H28F6N6.CH2O2/c1-15-4-3-13-38(15)14-21-36-23(34-17-8-6-16(7-9-17)25(27,28)29)18-10-11-20(35-24(18)37-21)22-19(26(30,31)32)5-2-12-33-22;2-1-3/h2,5-12,15,21-22,24,33,35,37H,3-4,13-14H2,1H3,(H,34,36);1H,(H,2,3)/t15-,21?,22?,24?;/m1./s1. The molecular weight excluding hydrogens is 554 g/mol. The molecule has 4 atom stereocenters. The Morgan fingerprint density at radius 3 is 2.41 bits per heavy atom. The molecule has 0 aliphatic carbocycles. The molecule has 41 heavy (non-hydrogen) atoms. The number of alkyl halides is 6. The van der Waals surface area contributed by atoms with Gasteiger partial charge in [0.1, 0.15) is 18.2 Å². The van der Waals surface area contributed by atoms with Gasteiger partial charge in [-0.15, -0.1) is 0 Å². The first-order chi connectivity index (χ1) is 19.4. The molecule has 5 rings (SSSR count). The minimum Gasteiger partial charge on any atom is -0.483 e. The van der Waals surface area contributed by atoms with Gasteiger partial charge in [-0.1, -0.05) is 12.2 Å². The van der Waals surface area contributed by atoms with E-state index in [0.717, 1.165) is 37.6 Å². The monoisotopic (exact) mass is 584 g/mol. The van der Waals surface area contributed by atoms with Crippen LogP contribution in [0, 0.1) is 0 Å². The molecule has 0 radical (unpaired) electrons. The topological polar surface area (TPSA) is 101 Å². The van der Waals surface area contributed by atoms with Gasteiger partial charge in [0.05, 0.1) is 17.2 Å². The smallest absolute Gasteiger partial charge is 0.416 e. The summed E-state index contributed by atoms with van der Waals surface area (Å²) in [5.41, 5.74) is -0.0809. The number of rotatable bonds is 4. The largest absolute Gasteiger partial charge is 0.483 e. The fraction of sp³-hybridized carbons (Fsp3) is 0.407. The zero-order valence-electron chi connectivity index (χ0n) is 21.9. The predicted octanol–water partition coefficient (Wildman–Crippen LogP) is 4.34. The third-order valence-electron chi connectivity index (χ3n) is 7.14. The first kappa shape index (κ1) is 30.2. The molecule has 1 aromatic rings. The zero-order valence-corrected chi connectivity index (χ0v) is 21.9. The molecule has 1 saturated heterocycles. The molecule has 5 N–H and O–H groups in total. The van der Waals surface area contributed by atoms with Crippen LogP contribution < -0.4 is 21.3 Å². The Kier molecular flexibility index (Phi) is 9.12. The minimum absolute atomic E-state index is 0.250. The van der Waals surface area contributed by atoms with Crippen molar-refractivity contribution in [2.24, 2.45) is 4.99 Å². The molecular formula is C27H30F6N6O2. The van der Waals surface area contributed by atoms with Crippen LogP contribution in [0.3, 0.4) is 0 Å². The predicted molar refractivity (Wildman–Crippen MR) is 142 cm³/mol. The van der Waals surface area contributed by atoms with Crippen LogP contribution in [0.1, 0.15) is 25.3 Å². The summed E-state index contributed by atoms with van der Waals surface area (Å²) < 4.78 is 80.0. The van der Waals surface area contributed by atoms with Crippen LogP contribution in [-0.4, -0.2) is 66.0 Å². The van der Waals surface area contributed by atoms with Crippen molar-refractivity contribution in [3.05, 3.63) is 77.2 Å². The molecule has 14 heteroatoms. The van der Waals surface area contributed by atoms with E-state index < -0.39 is 41.9 Å². The number of benzene rings is 1. The fourth-order valence-corrected chi connectivity index (χ4v) is 5.12.